The zero-order chi connectivity index (χ0) is 38.9. The Labute approximate surface area is 322 Å². The van der Waals surface area contributed by atoms with Gasteiger partial charge >= 0.3 is 19.8 Å². The molecule has 0 spiro atoms. The Morgan fingerprint density at radius 2 is 0.981 bits per heavy atom. The van der Waals surface area contributed by atoms with E-state index in [9.17, 15) is 19.0 Å². The fourth-order valence-corrected chi connectivity index (χ4v) is 5.51. The molecule has 0 aromatic heterocycles. The molecule has 3 N–H and O–H groups in total. The summed E-state index contributed by atoms with van der Waals surface area (Å²) >= 11 is 0. The molecular formula is C43H72NO8P. The van der Waals surface area contributed by atoms with Crippen molar-refractivity contribution in [2.45, 2.75) is 148 Å². The van der Waals surface area contributed by atoms with Crippen LogP contribution in [0.2, 0.25) is 0 Å². The van der Waals surface area contributed by atoms with E-state index in [0.29, 0.717) is 19.3 Å². The van der Waals surface area contributed by atoms with Crippen LogP contribution in [0.3, 0.4) is 0 Å². The minimum atomic E-state index is -4.40. The Morgan fingerprint density at radius 1 is 0.566 bits per heavy atom. The predicted molar refractivity (Wildman–Crippen MR) is 219 cm³/mol. The molecule has 0 rings (SSSR count). The zero-order valence-corrected chi connectivity index (χ0v) is 33.9. The van der Waals surface area contributed by atoms with E-state index in [0.717, 1.165) is 51.4 Å². The van der Waals surface area contributed by atoms with Crippen molar-refractivity contribution in [3.8, 4) is 0 Å². The van der Waals surface area contributed by atoms with E-state index in [1.165, 1.54) is 44.9 Å². The first-order chi connectivity index (χ1) is 25.8. The van der Waals surface area contributed by atoms with Gasteiger partial charge < -0.3 is 20.1 Å². The maximum absolute atomic E-state index is 12.5. The van der Waals surface area contributed by atoms with Crippen LogP contribution in [-0.4, -0.2) is 49.3 Å². The Bertz CT molecular complexity index is 1140. The molecule has 53 heavy (non-hydrogen) atoms. The first-order valence-corrected chi connectivity index (χ1v) is 21.6. The molecule has 0 aliphatic heterocycles. The van der Waals surface area contributed by atoms with Crippen LogP contribution in [-0.2, 0) is 32.7 Å². The number of rotatable bonds is 36. The van der Waals surface area contributed by atoms with Crippen molar-refractivity contribution < 1.29 is 37.6 Å². The Kier molecular flexibility index (Phi) is 36.8. The number of esters is 2. The van der Waals surface area contributed by atoms with Crippen LogP contribution < -0.4 is 5.73 Å². The van der Waals surface area contributed by atoms with E-state index in [2.05, 4.69) is 92.8 Å². The molecule has 302 valence electrons. The van der Waals surface area contributed by atoms with Crippen LogP contribution in [0.15, 0.2) is 85.1 Å². The molecule has 0 aromatic carbocycles. The molecule has 0 bridgehead atoms. The van der Waals surface area contributed by atoms with Crippen LogP contribution in [0.25, 0.3) is 0 Å². The minimum absolute atomic E-state index is 0.0351. The van der Waals surface area contributed by atoms with Crippen LogP contribution >= 0.6 is 7.82 Å². The topological polar surface area (TPSA) is 134 Å². The summed E-state index contributed by atoms with van der Waals surface area (Å²) < 4.78 is 32.6. The van der Waals surface area contributed by atoms with E-state index in [1.54, 1.807) is 0 Å². The first kappa shape index (κ1) is 50.2. The minimum Gasteiger partial charge on any atom is -0.462 e. The first-order valence-electron chi connectivity index (χ1n) is 20.1. The third-order valence-electron chi connectivity index (χ3n) is 7.75. The highest BCUT2D eigenvalue weighted by Gasteiger charge is 2.25. The van der Waals surface area contributed by atoms with Gasteiger partial charge in [0.15, 0.2) is 6.10 Å². The van der Waals surface area contributed by atoms with Crippen molar-refractivity contribution >= 4 is 19.8 Å². The molecule has 0 heterocycles. The Hall–Kier alpha value is -2.81. The number of ether oxygens (including phenoxy) is 2. The van der Waals surface area contributed by atoms with E-state index in [4.69, 9.17) is 24.3 Å². The number of carbonyl (C=O) groups excluding carboxylic acids is 2. The lowest BCUT2D eigenvalue weighted by Crippen LogP contribution is -2.29. The van der Waals surface area contributed by atoms with E-state index >= 15 is 0 Å². The predicted octanol–water partition coefficient (Wildman–Crippen LogP) is 11.3. The van der Waals surface area contributed by atoms with Crippen LogP contribution in [0.5, 0.6) is 0 Å². The second-order valence-corrected chi connectivity index (χ2v) is 14.2. The number of unbranched alkanes of at least 4 members (excludes halogenated alkanes) is 9. The number of allylic oxidation sites excluding steroid dienone is 14. The average Bonchev–Trinajstić information content (AvgIpc) is 3.14. The van der Waals surface area contributed by atoms with Gasteiger partial charge in [-0.15, -0.1) is 0 Å². The lowest BCUT2D eigenvalue weighted by molar-refractivity contribution is -0.161. The van der Waals surface area contributed by atoms with Crippen molar-refractivity contribution in [3.05, 3.63) is 85.1 Å². The van der Waals surface area contributed by atoms with Gasteiger partial charge in [0, 0.05) is 19.4 Å². The van der Waals surface area contributed by atoms with Gasteiger partial charge in [0.25, 0.3) is 0 Å². The Morgan fingerprint density at radius 3 is 1.43 bits per heavy atom. The third kappa shape index (κ3) is 38.7. The summed E-state index contributed by atoms with van der Waals surface area (Å²) in [6.07, 6.45) is 47.6. The number of nitrogens with two attached hydrogens (primary N) is 1. The number of phosphoric acid groups is 1. The normalized spacial score (nSPS) is 14.3. The smallest absolute Gasteiger partial charge is 0.462 e. The fourth-order valence-electron chi connectivity index (χ4n) is 4.75. The second kappa shape index (κ2) is 38.9. The van der Waals surface area contributed by atoms with Gasteiger partial charge in [0.2, 0.25) is 0 Å². The SMILES string of the molecule is CCCCC/C=C/C/C=C/C/C=C/C/C=C/CCCC(=O)O[C@H](COC(=O)CCCC/C=C/C/C=C/C/C=C/CCCCC)COP(=O)(O)OCCN. The van der Waals surface area contributed by atoms with Gasteiger partial charge in [0.05, 0.1) is 13.2 Å². The second-order valence-electron chi connectivity index (χ2n) is 12.8. The molecule has 10 heteroatoms. The molecule has 0 aliphatic carbocycles. The molecule has 0 fully saturated rings. The van der Waals surface area contributed by atoms with Gasteiger partial charge in [-0.25, -0.2) is 4.57 Å². The maximum atomic E-state index is 12.5. The number of phosphoric ester groups is 1. The molecule has 0 amide bonds. The summed E-state index contributed by atoms with van der Waals surface area (Å²) in [5.74, 6) is -0.950. The molecule has 0 saturated carbocycles. The summed E-state index contributed by atoms with van der Waals surface area (Å²) in [5.41, 5.74) is 5.33. The van der Waals surface area contributed by atoms with Crippen molar-refractivity contribution in [1.29, 1.82) is 0 Å². The number of hydrogen-bond donors (Lipinski definition) is 2. The summed E-state index contributed by atoms with van der Waals surface area (Å²) in [6, 6.07) is 0. The van der Waals surface area contributed by atoms with Crippen LogP contribution in [0.4, 0.5) is 0 Å². The molecule has 0 aliphatic rings. The Balaban J connectivity index is 4.39. The number of hydrogen-bond acceptors (Lipinski definition) is 8. The van der Waals surface area contributed by atoms with Gasteiger partial charge in [-0.2, -0.15) is 0 Å². The monoisotopic (exact) mass is 761 g/mol. The molecule has 0 aromatic rings. The van der Waals surface area contributed by atoms with Crippen LogP contribution in [0, 0.1) is 0 Å². The van der Waals surface area contributed by atoms with E-state index in [1.807, 2.05) is 6.08 Å². The van der Waals surface area contributed by atoms with Crippen molar-refractivity contribution in [2.24, 2.45) is 5.73 Å². The third-order valence-corrected chi connectivity index (χ3v) is 8.74. The lowest BCUT2D eigenvalue weighted by Gasteiger charge is -2.19. The number of carbonyl (C=O) groups is 2. The molecule has 0 saturated heterocycles. The lowest BCUT2D eigenvalue weighted by atomic mass is 10.1. The molecular weight excluding hydrogens is 689 g/mol. The highest BCUT2D eigenvalue weighted by molar-refractivity contribution is 7.47. The van der Waals surface area contributed by atoms with Crippen molar-refractivity contribution in [1.82, 2.24) is 0 Å². The largest absolute Gasteiger partial charge is 0.472 e. The zero-order valence-electron chi connectivity index (χ0n) is 33.0. The molecule has 9 nitrogen and oxygen atoms in total. The van der Waals surface area contributed by atoms with E-state index < -0.39 is 32.5 Å². The van der Waals surface area contributed by atoms with Gasteiger partial charge in [-0.05, 0) is 89.9 Å². The van der Waals surface area contributed by atoms with Gasteiger partial charge in [-0.1, -0.05) is 125 Å². The van der Waals surface area contributed by atoms with Gasteiger partial charge in [-0.3, -0.25) is 18.6 Å². The summed E-state index contributed by atoms with van der Waals surface area (Å²) in [6.45, 7) is 3.53. The van der Waals surface area contributed by atoms with E-state index in [-0.39, 0.29) is 32.6 Å². The highest BCUT2D eigenvalue weighted by atomic mass is 31.2. The standard InChI is InChI=1S/C43H72NO8P/c1-3-5-7-9-11-13-15-17-19-20-22-24-26-28-30-32-34-36-43(46)52-41(40-51-53(47,48)50-38-37-44)39-49-42(45)35-33-31-29-27-25-23-21-18-16-14-12-10-8-6-4-2/h11-14,17-19,21-22,24-25,27-28,30,41H,3-10,15-16,20,23,26,29,31-40,44H2,1-2H3,(H,47,48)/b13-11+,14-12+,19-17+,21-18+,24-22+,27-25+,30-28+/t41-/m1/s1. The molecule has 1 unspecified atom stereocenters. The fraction of sp³-hybridized carbons (Fsp3) is 0.628. The maximum Gasteiger partial charge on any atom is 0.472 e. The van der Waals surface area contributed by atoms with Crippen LogP contribution in [0.1, 0.15) is 142 Å². The summed E-state index contributed by atoms with van der Waals surface area (Å²) in [4.78, 5) is 34.7. The average molecular weight is 762 g/mol. The molecule has 0 radical (unpaired) electrons. The quantitative estimate of drug-likeness (QED) is 0.0277. The van der Waals surface area contributed by atoms with Crippen molar-refractivity contribution in [3.63, 3.8) is 0 Å². The molecule has 2 atom stereocenters. The van der Waals surface area contributed by atoms with Gasteiger partial charge in [0.1, 0.15) is 6.61 Å². The highest BCUT2D eigenvalue weighted by Crippen LogP contribution is 2.43. The summed E-state index contributed by atoms with van der Waals surface area (Å²) in [7, 11) is -4.40. The van der Waals surface area contributed by atoms with Crippen molar-refractivity contribution in [2.75, 3.05) is 26.4 Å². The summed E-state index contributed by atoms with van der Waals surface area (Å²) in [5, 5.41) is 0.